The van der Waals surface area contributed by atoms with Crippen molar-refractivity contribution in [3.8, 4) is 22.3 Å². The van der Waals surface area contributed by atoms with E-state index in [4.69, 9.17) is 8.83 Å². The SMILES string of the molecule is c1ccc2cc3c(cc2c1)oc1cc2c(cc13)oc1cc(-c3c4ccccc4c(-c4cccc5sc6ccccc6c45)c4ccccc34)ccc12. The molecule has 2 nitrogen and oxygen atoms in total. The van der Waals surface area contributed by atoms with Crippen LogP contribution in [0.25, 0.3) is 119 Å². The lowest BCUT2D eigenvalue weighted by molar-refractivity contribution is 0.664. The van der Waals surface area contributed by atoms with E-state index in [1.807, 2.05) is 11.3 Å². The molecule has 0 aliphatic heterocycles. The summed E-state index contributed by atoms with van der Waals surface area (Å²) in [5.41, 5.74) is 8.44. The van der Waals surface area contributed by atoms with Gasteiger partial charge >= 0.3 is 0 Å². The van der Waals surface area contributed by atoms with Crippen molar-refractivity contribution in [2.75, 3.05) is 0 Å². The number of hydrogen-bond acceptors (Lipinski definition) is 3. The molecule has 0 bridgehead atoms. The molecular weight excluding hydrogens is 641 g/mol. The molecule has 9 aromatic carbocycles. The average molecular weight is 667 g/mol. The highest BCUT2D eigenvalue weighted by molar-refractivity contribution is 7.26. The lowest BCUT2D eigenvalue weighted by Crippen LogP contribution is -1.91. The zero-order valence-electron chi connectivity index (χ0n) is 27.2. The highest BCUT2D eigenvalue weighted by atomic mass is 32.1. The summed E-state index contributed by atoms with van der Waals surface area (Å²) in [5, 5.41) is 14.3. The van der Waals surface area contributed by atoms with Crippen molar-refractivity contribution in [1.29, 1.82) is 0 Å². The van der Waals surface area contributed by atoms with Gasteiger partial charge in [-0.05, 0) is 103 Å². The van der Waals surface area contributed by atoms with Crippen LogP contribution in [0.5, 0.6) is 0 Å². The van der Waals surface area contributed by atoms with E-state index in [0.717, 1.165) is 49.4 Å². The Bertz CT molecular complexity index is 3370. The van der Waals surface area contributed by atoms with E-state index in [2.05, 4.69) is 158 Å². The Hall–Kier alpha value is -6.42. The van der Waals surface area contributed by atoms with Gasteiger partial charge in [0.2, 0.25) is 0 Å². The van der Waals surface area contributed by atoms with Crippen LogP contribution < -0.4 is 0 Å². The van der Waals surface area contributed by atoms with E-state index in [0.29, 0.717) is 0 Å². The Morgan fingerprint density at radius 1 is 0.333 bits per heavy atom. The van der Waals surface area contributed by atoms with E-state index in [1.165, 1.54) is 69.2 Å². The summed E-state index contributed by atoms with van der Waals surface area (Å²) in [6.07, 6.45) is 0. The second kappa shape index (κ2) is 10.1. The van der Waals surface area contributed by atoms with Gasteiger partial charge in [0.05, 0.1) is 0 Å². The van der Waals surface area contributed by atoms with Gasteiger partial charge in [-0.15, -0.1) is 11.3 Å². The number of thiophene rings is 1. The lowest BCUT2D eigenvalue weighted by atomic mass is 9.85. The Labute approximate surface area is 295 Å². The third-order valence-corrected chi connectivity index (χ3v) is 12.0. The average Bonchev–Trinajstić information content (AvgIpc) is 3.85. The van der Waals surface area contributed by atoms with Crippen LogP contribution in [-0.2, 0) is 0 Å². The largest absolute Gasteiger partial charge is 0.456 e. The number of furan rings is 2. The molecule has 0 atom stereocenters. The maximum Gasteiger partial charge on any atom is 0.136 e. The highest BCUT2D eigenvalue weighted by Gasteiger charge is 2.21. The smallest absolute Gasteiger partial charge is 0.136 e. The first-order valence-electron chi connectivity index (χ1n) is 17.3. The fourth-order valence-electron chi connectivity index (χ4n) is 8.60. The van der Waals surface area contributed by atoms with Gasteiger partial charge in [-0.2, -0.15) is 0 Å². The first kappa shape index (κ1) is 27.4. The summed E-state index contributed by atoms with van der Waals surface area (Å²) in [4.78, 5) is 0. The fraction of sp³-hybridized carbons (Fsp3) is 0. The summed E-state index contributed by atoms with van der Waals surface area (Å²) in [6, 6.07) is 57.1. The molecule has 3 heterocycles. The fourth-order valence-corrected chi connectivity index (χ4v) is 9.73. The predicted molar refractivity (Wildman–Crippen MR) is 217 cm³/mol. The molecular formula is C48H26O2S. The summed E-state index contributed by atoms with van der Waals surface area (Å²) in [5.74, 6) is 0. The summed E-state index contributed by atoms with van der Waals surface area (Å²) in [6.45, 7) is 0. The van der Waals surface area contributed by atoms with Crippen molar-refractivity contribution in [2.45, 2.75) is 0 Å². The first-order chi connectivity index (χ1) is 25.3. The van der Waals surface area contributed by atoms with Gasteiger partial charge in [0.25, 0.3) is 0 Å². The molecule has 3 heteroatoms. The van der Waals surface area contributed by atoms with Gasteiger partial charge in [0.1, 0.15) is 22.3 Å². The minimum absolute atomic E-state index is 0.867. The predicted octanol–water partition coefficient (Wildman–Crippen LogP) is 14.6. The van der Waals surface area contributed by atoms with Gasteiger partial charge in [-0.25, -0.2) is 0 Å². The number of benzene rings is 9. The molecule has 0 spiro atoms. The second-order valence-electron chi connectivity index (χ2n) is 13.6. The Balaban J connectivity index is 1.11. The number of fused-ring (bicyclic) bond motifs is 12. The van der Waals surface area contributed by atoms with E-state index in [9.17, 15) is 0 Å². The van der Waals surface area contributed by atoms with Gasteiger partial charge in [0.15, 0.2) is 0 Å². The Morgan fingerprint density at radius 3 is 1.59 bits per heavy atom. The van der Waals surface area contributed by atoms with Crippen molar-refractivity contribution in [3.63, 3.8) is 0 Å². The molecule has 0 aliphatic carbocycles. The van der Waals surface area contributed by atoms with Crippen molar-refractivity contribution < 1.29 is 8.83 Å². The van der Waals surface area contributed by atoms with E-state index < -0.39 is 0 Å². The maximum atomic E-state index is 6.69. The summed E-state index contributed by atoms with van der Waals surface area (Å²) >= 11 is 1.87. The summed E-state index contributed by atoms with van der Waals surface area (Å²) in [7, 11) is 0. The zero-order valence-corrected chi connectivity index (χ0v) is 28.1. The quantitative estimate of drug-likeness (QED) is 0.172. The second-order valence-corrected chi connectivity index (χ2v) is 14.7. The molecule has 12 aromatic rings. The van der Waals surface area contributed by atoms with Crippen LogP contribution in [0, 0.1) is 0 Å². The van der Waals surface area contributed by atoms with Crippen LogP contribution in [0.2, 0.25) is 0 Å². The molecule has 51 heavy (non-hydrogen) atoms. The molecule has 0 N–H and O–H groups in total. The van der Waals surface area contributed by atoms with Crippen molar-refractivity contribution in [1.82, 2.24) is 0 Å². The van der Waals surface area contributed by atoms with Crippen LogP contribution in [0.1, 0.15) is 0 Å². The van der Waals surface area contributed by atoms with Crippen LogP contribution in [0.4, 0.5) is 0 Å². The summed E-state index contributed by atoms with van der Waals surface area (Å²) < 4.78 is 15.7. The topological polar surface area (TPSA) is 26.3 Å². The number of rotatable bonds is 2. The molecule has 236 valence electrons. The van der Waals surface area contributed by atoms with Gasteiger partial charge in [-0.1, -0.05) is 109 Å². The van der Waals surface area contributed by atoms with Crippen molar-refractivity contribution in [2.24, 2.45) is 0 Å². The molecule has 0 saturated carbocycles. The monoisotopic (exact) mass is 666 g/mol. The van der Waals surface area contributed by atoms with E-state index >= 15 is 0 Å². The normalized spacial score (nSPS) is 12.3. The molecule has 3 aromatic heterocycles. The molecule has 0 saturated heterocycles. The Kier molecular flexibility index (Phi) is 5.41. The molecule has 0 radical (unpaired) electrons. The minimum Gasteiger partial charge on any atom is -0.456 e. The van der Waals surface area contributed by atoms with Gasteiger partial charge < -0.3 is 8.83 Å². The molecule has 0 unspecified atom stereocenters. The van der Waals surface area contributed by atoms with E-state index in [1.54, 1.807) is 0 Å². The van der Waals surface area contributed by atoms with Crippen LogP contribution in [0.3, 0.4) is 0 Å². The first-order valence-corrected chi connectivity index (χ1v) is 18.1. The minimum atomic E-state index is 0.867. The van der Waals surface area contributed by atoms with E-state index in [-0.39, 0.29) is 0 Å². The van der Waals surface area contributed by atoms with Crippen molar-refractivity contribution in [3.05, 3.63) is 158 Å². The third-order valence-electron chi connectivity index (χ3n) is 10.8. The number of hydrogen-bond donors (Lipinski definition) is 0. The third kappa shape index (κ3) is 3.81. The van der Waals surface area contributed by atoms with Crippen LogP contribution >= 0.6 is 11.3 Å². The molecule has 0 amide bonds. The highest BCUT2D eigenvalue weighted by Crippen LogP contribution is 2.48. The van der Waals surface area contributed by atoms with Crippen LogP contribution in [0.15, 0.2) is 167 Å². The standard InChI is InChI=1S/C48H26O2S/c1-2-11-28-23-41-37(22-27(28)10-1)39-26-42-38(25-43(39)50-41)30-21-20-29(24-40(30)49-42)46-31-12-3-5-14-33(31)47(34-15-6-4-13-32(34)46)36-17-9-19-45-48(36)35-16-7-8-18-44(35)51-45/h1-26H. The molecule has 0 aliphatic rings. The Morgan fingerprint density at radius 2 is 0.863 bits per heavy atom. The zero-order chi connectivity index (χ0) is 33.2. The van der Waals surface area contributed by atoms with Crippen molar-refractivity contribution >= 4 is 108 Å². The van der Waals surface area contributed by atoms with Gasteiger partial charge in [0, 0.05) is 41.7 Å². The van der Waals surface area contributed by atoms with Crippen LogP contribution in [-0.4, -0.2) is 0 Å². The molecule has 0 fully saturated rings. The van der Waals surface area contributed by atoms with Gasteiger partial charge in [-0.3, -0.25) is 0 Å². The maximum absolute atomic E-state index is 6.69. The molecule has 12 rings (SSSR count). The lowest BCUT2D eigenvalue weighted by Gasteiger charge is -2.18.